The van der Waals surface area contributed by atoms with E-state index in [-0.39, 0.29) is 11.8 Å². The van der Waals surface area contributed by atoms with Gasteiger partial charge in [-0.15, -0.1) is 0 Å². The van der Waals surface area contributed by atoms with E-state index in [4.69, 9.17) is 9.47 Å². The fourth-order valence-corrected chi connectivity index (χ4v) is 2.41. The lowest BCUT2D eigenvalue weighted by atomic mass is 10.1. The van der Waals surface area contributed by atoms with Crippen molar-refractivity contribution in [2.75, 3.05) is 39.5 Å². The SMILES string of the molecule is Cc1ccc(C(=O)NCCOCCOCCNC(=O)c2ccc(C)cc2)cc1. The van der Waals surface area contributed by atoms with Crippen LogP contribution in [0, 0.1) is 13.8 Å². The number of benzene rings is 2. The molecule has 0 heterocycles. The monoisotopic (exact) mass is 384 g/mol. The van der Waals surface area contributed by atoms with Gasteiger partial charge in [-0.05, 0) is 38.1 Å². The van der Waals surface area contributed by atoms with Gasteiger partial charge in [0.05, 0.1) is 26.4 Å². The van der Waals surface area contributed by atoms with Gasteiger partial charge < -0.3 is 20.1 Å². The van der Waals surface area contributed by atoms with Crippen molar-refractivity contribution in [3.63, 3.8) is 0 Å². The molecule has 2 rings (SSSR count). The van der Waals surface area contributed by atoms with Crippen molar-refractivity contribution in [3.05, 3.63) is 70.8 Å². The number of carbonyl (C=O) groups is 2. The predicted molar refractivity (Wildman–Crippen MR) is 109 cm³/mol. The van der Waals surface area contributed by atoms with Gasteiger partial charge in [0.25, 0.3) is 11.8 Å². The van der Waals surface area contributed by atoms with Gasteiger partial charge in [0.2, 0.25) is 0 Å². The van der Waals surface area contributed by atoms with E-state index in [0.29, 0.717) is 50.6 Å². The largest absolute Gasteiger partial charge is 0.377 e. The van der Waals surface area contributed by atoms with Gasteiger partial charge in [-0.1, -0.05) is 35.4 Å². The van der Waals surface area contributed by atoms with Crippen LogP contribution in [0.5, 0.6) is 0 Å². The predicted octanol–water partition coefficient (Wildman–Crippen LogP) is 2.50. The lowest BCUT2D eigenvalue weighted by molar-refractivity contribution is 0.0486. The van der Waals surface area contributed by atoms with Crippen molar-refractivity contribution in [2.45, 2.75) is 13.8 Å². The second kappa shape index (κ2) is 11.9. The summed E-state index contributed by atoms with van der Waals surface area (Å²) in [5.74, 6) is -0.215. The van der Waals surface area contributed by atoms with Crippen LogP contribution in [-0.4, -0.2) is 51.3 Å². The van der Waals surface area contributed by atoms with Gasteiger partial charge in [0.15, 0.2) is 0 Å². The highest BCUT2D eigenvalue weighted by atomic mass is 16.5. The van der Waals surface area contributed by atoms with Gasteiger partial charge in [-0.3, -0.25) is 9.59 Å². The number of hydrogen-bond acceptors (Lipinski definition) is 4. The van der Waals surface area contributed by atoms with Crippen molar-refractivity contribution in [1.29, 1.82) is 0 Å². The zero-order valence-electron chi connectivity index (χ0n) is 16.5. The molecule has 2 amide bonds. The first-order valence-corrected chi connectivity index (χ1v) is 9.41. The third-order valence-electron chi connectivity index (χ3n) is 4.06. The summed E-state index contributed by atoms with van der Waals surface area (Å²) in [6.45, 7) is 6.57. The first kappa shape index (κ1) is 21.6. The number of hydrogen-bond donors (Lipinski definition) is 2. The first-order valence-electron chi connectivity index (χ1n) is 9.41. The van der Waals surface area contributed by atoms with Crippen LogP contribution in [0.15, 0.2) is 48.5 Å². The third-order valence-corrected chi connectivity index (χ3v) is 4.06. The molecule has 28 heavy (non-hydrogen) atoms. The molecule has 0 saturated heterocycles. The van der Waals surface area contributed by atoms with E-state index in [1.807, 2.05) is 38.1 Å². The summed E-state index contributed by atoms with van der Waals surface area (Å²) in [4.78, 5) is 23.8. The quantitative estimate of drug-likeness (QED) is 0.584. The summed E-state index contributed by atoms with van der Waals surface area (Å²) >= 11 is 0. The van der Waals surface area contributed by atoms with E-state index in [9.17, 15) is 9.59 Å². The minimum Gasteiger partial charge on any atom is -0.377 e. The van der Waals surface area contributed by atoms with Crippen LogP contribution in [0.2, 0.25) is 0 Å². The average Bonchev–Trinajstić information content (AvgIpc) is 2.70. The Balaban J connectivity index is 1.44. The summed E-state index contributed by atoms with van der Waals surface area (Å²) in [5, 5.41) is 5.62. The molecule has 0 fully saturated rings. The van der Waals surface area contributed by atoms with Crippen molar-refractivity contribution in [2.24, 2.45) is 0 Å². The molecule has 0 unspecified atom stereocenters. The highest BCUT2D eigenvalue weighted by Crippen LogP contribution is 2.03. The van der Waals surface area contributed by atoms with Crippen molar-refractivity contribution >= 4 is 11.8 Å². The van der Waals surface area contributed by atoms with Crippen LogP contribution in [0.3, 0.4) is 0 Å². The molecule has 2 aromatic carbocycles. The molecule has 0 aromatic heterocycles. The lowest BCUT2D eigenvalue weighted by Crippen LogP contribution is -2.28. The summed E-state index contributed by atoms with van der Waals surface area (Å²) in [6.07, 6.45) is 0. The molecular weight excluding hydrogens is 356 g/mol. The molecule has 0 spiro atoms. The highest BCUT2D eigenvalue weighted by Gasteiger charge is 2.04. The zero-order chi connectivity index (χ0) is 20.2. The number of carbonyl (C=O) groups excluding carboxylic acids is 2. The zero-order valence-corrected chi connectivity index (χ0v) is 16.5. The Morgan fingerprint density at radius 3 is 1.36 bits per heavy atom. The molecule has 0 aliphatic carbocycles. The summed E-state index contributed by atoms with van der Waals surface area (Å²) in [5.41, 5.74) is 3.52. The number of nitrogens with one attached hydrogen (secondary N) is 2. The molecule has 150 valence electrons. The van der Waals surface area contributed by atoms with Gasteiger partial charge in [-0.2, -0.15) is 0 Å². The number of aryl methyl sites for hydroxylation is 2. The Kier molecular flexibility index (Phi) is 9.18. The van der Waals surface area contributed by atoms with Gasteiger partial charge in [0, 0.05) is 24.2 Å². The summed E-state index contributed by atoms with van der Waals surface area (Å²) < 4.78 is 10.8. The van der Waals surface area contributed by atoms with Crippen LogP contribution in [-0.2, 0) is 9.47 Å². The van der Waals surface area contributed by atoms with Gasteiger partial charge in [-0.25, -0.2) is 0 Å². The number of rotatable bonds is 11. The molecule has 6 heteroatoms. The van der Waals surface area contributed by atoms with Crippen molar-refractivity contribution in [1.82, 2.24) is 10.6 Å². The Morgan fingerprint density at radius 2 is 1.00 bits per heavy atom. The normalized spacial score (nSPS) is 10.5. The second-order valence-electron chi connectivity index (χ2n) is 6.47. The number of amides is 2. The molecule has 2 aromatic rings. The Labute approximate surface area is 166 Å². The fourth-order valence-electron chi connectivity index (χ4n) is 2.41. The van der Waals surface area contributed by atoms with Crippen LogP contribution in [0.4, 0.5) is 0 Å². The molecule has 0 aliphatic heterocycles. The highest BCUT2D eigenvalue weighted by molar-refractivity contribution is 5.94. The van der Waals surface area contributed by atoms with Crippen LogP contribution >= 0.6 is 0 Å². The van der Waals surface area contributed by atoms with Gasteiger partial charge in [0.1, 0.15) is 0 Å². The minimum absolute atomic E-state index is 0.107. The van der Waals surface area contributed by atoms with E-state index in [1.165, 1.54) is 0 Å². The lowest BCUT2D eigenvalue weighted by Gasteiger charge is -2.08. The Morgan fingerprint density at radius 1 is 0.643 bits per heavy atom. The molecule has 6 nitrogen and oxygen atoms in total. The average molecular weight is 384 g/mol. The Bertz CT molecular complexity index is 677. The molecular formula is C22H28N2O4. The molecule has 0 aliphatic rings. The summed E-state index contributed by atoms with van der Waals surface area (Å²) in [7, 11) is 0. The third kappa shape index (κ3) is 7.90. The van der Waals surface area contributed by atoms with Gasteiger partial charge >= 0.3 is 0 Å². The number of ether oxygens (including phenoxy) is 2. The maximum atomic E-state index is 11.9. The molecule has 0 bridgehead atoms. The smallest absolute Gasteiger partial charge is 0.251 e. The minimum atomic E-state index is -0.107. The van der Waals surface area contributed by atoms with Crippen LogP contribution in [0.1, 0.15) is 31.8 Å². The topological polar surface area (TPSA) is 76.7 Å². The van der Waals surface area contributed by atoms with E-state index < -0.39 is 0 Å². The van der Waals surface area contributed by atoms with E-state index in [0.717, 1.165) is 11.1 Å². The standard InChI is InChI=1S/C22H28N2O4/c1-17-3-7-19(8-4-17)21(25)23-11-13-27-15-16-28-14-12-24-22(26)20-9-5-18(2)6-10-20/h3-10H,11-16H2,1-2H3,(H,23,25)(H,24,26). The fraction of sp³-hybridized carbons (Fsp3) is 0.364. The molecule has 2 N–H and O–H groups in total. The van der Waals surface area contributed by atoms with E-state index in [2.05, 4.69) is 10.6 Å². The van der Waals surface area contributed by atoms with Crippen molar-refractivity contribution < 1.29 is 19.1 Å². The van der Waals surface area contributed by atoms with Crippen LogP contribution < -0.4 is 10.6 Å². The molecule has 0 radical (unpaired) electrons. The summed E-state index contributed by atoms with van der Waals surface area (Å²) in [6, 6.07) is 14.8. The Hall–Kier alpha value is -2.70. The maximum Gasteiger partial charge on any atom is 0.251 e. The molecule has 0 saturated carbocycles. The van der Waals surface area contributed by atoms with E-state index in [1.54, 1.807) is 24.3 Å². The van der Waals surface area contributed by atoms with Crippen LogP contribution in [0.25, 0.3) is 0 Å². The molecule has 0 atom stereocenters. The first-order chi connectivity index (χ1) is 13.6. The maximum absolute atomic E-state index is 11.9. The second-order valence-corrected chi connectivity index (χ2v) is 6.47. The van der Waals surface area contributed by atoms with Crippen molar-refractivity contribution in [3.8, 4) is 0 Å². The van der Waals surface area contributed by atoms with E-state index >= 15 is 0 Å².